The zero-order chi connectivity index (χ0) is 12.0. The van der Waals surface area contributed by atoms with E-state index in [1.807, 2.05) is 20.8 Å². The largest absolute Gasteiger partial charge is 0.467 e. The highest BCUT2D eigenvalue weighted by Crippen LogP contribution is 2.04. The average Bonchev–Trinajstić information content (AvgIpc) is 2.22. The van der Waals surface area contributed by atoms with Crippen LogP contribution >= 0.6 is 0 Å². The number of hydrogen-bond acceptors (Lipinski definition) is 4. The van der Waals surface area contributed by atoms with Gasteiger partial charge in [-0.1, -0.05) is 20.8 Å². The van der Waals surface area contributed by atoms with Gasteiger partial charge in [0.15, 0.2) is 0 Å². The molecular weight excluding hydrogens is 196 g/mol. The standard InChI is InChI=1S/C10H20N2O3/c1-5-7(11)9(13)12-8(6(2)3)10(14)15-4/h6-8H,5,11H2,1-4H3,(H,12,13)/t7-,8-/m0/s1. The summed E-state index contributed by atoms with van der Waals surface area (Å²) in [5.41, 5.74) is 5.54. The van der Waals surface area contributed by atoms with Gasteiger partial charge in [-0.2, -0.15) is 0 Å². The lowest BCUT2D eigenvalue weighted by Gasteiger charge is -2.21. The summed E-state index contributed by atoms with van der Waals surface area (Å²) in [7, 11) is 1.30. The zero-order valence-electron chi connectivity index (χ0n) is 9.74. The number of nitrogens with one attached hydrogen (secondary N) is 1. The maximum Gasteiger partial charge on any atom is 0.328 e. The topological polar surface area (TPSA) is 81.4 Å². The number of hydrogen-bond donors (Lipinski definition) is 2. The Kier molecular flexibility index (Phi) is 5.93. The van der Waals surface area contributed by atoms with Crippen molar-refractivity contribution >= 4 is 11.9 Å². The van der Waals surface area contributed by atoms with Gasteiger partial charge in [0.1, 0.15) is 6.04 Å². The van der Waals surface area contributed by atoms with Crippen molar-refractivity contribution in [2.24, 2.45) is 11.7 Å². The van der Waals surface area contributed by atoms with E-state index in [0.29, 0.717) is 6.42 Å². The third-order valence-electron chi connectivity index (χ3n) is 2.20. The minimum Gasteiger partial charge on any atom is -0.467 e. The first-order valence-electron chi connectivity index (χ1n) is 5.07. The van der Waals surface area contributed by atoms with Crippen LogP contribution in [0.15, 0.2) is 0 Å². The predicted molar refractivity (Wildman–Crippen MR) is 57.1 cm³/mol. The fraction of sp³-hybridized carbons (Fsp3) is 0.800. The molecule has 0 fully saturated rings. The number of carbonyl (C=O) groups excluding carboxylic acids is 2. The van der Waals surface area contributed by atoms with Gasteiger partial charge in [-0.15, -0.1) is 0 Å². The molecule has 0 rings (SSSR count). The third kappa shape index (κ3) is 4.29. The molecule has 0 spiro atoms. The van der Waals surface area contributed by atoms with Crippen molar-refractivity contribution < 1.29 is 14.3 Å². The molecule has 0 bridgehead atoms. The van der Waals surface area contributed by atoms with E-state index in [1.54, 1.807) is 0 Å². The maximum absolute atomic E-state index is 11.5. The van der Waals surface area contributed by atoms with Gasteiger partial charge in [-0.3, -0.25) is 4.79 Å². The van der Waals surface area contributed by atoms with E-state index >= 15 is 0 Å². The van der Waals surface area contributed by atoms with Crippen LogP contribution in [-0.2, 0) is 14.3 Å². The first-order valence-corrected chi connectivity index (χ1v) is 5.07. The summed E-state index contributed by atoms with van der Waals surface area (Å²) in [6.45, 7) is 5.48. The van der Waals surface area contributed by atoms with Gasteiger partial charge in [0.25, 0.3) is 0 Å². The van der Waals surface area contributed by atoms with E-state index in [1.165, 1.54) is 7.11 Å². The summed E-state index contributed by atoms with van der Waals surface area (Å²) >= 11 is 0. The molecule has 0 radical (unpaired) electrons. The van der Waals surface area contributed by atoms with Gasteiger partial charge >= 0.3 is 5.97 Å². The zero-order valence-corrected chi connectivity index (χ0v) is 9.74. The Morgan fingerprint density at radius 1 is 1.40 bits per heavy atom. The van der Waals surface area contributed by atoms with E-state index in [-0.39, 0.29) is 11.8 Å². The lowest BCUT2D eigenvalue weighted by Crippen LogP contribution is -2.50. The Balaban J connectivity index is 4.42. The van der Waals surface area contributed by atoms with Crippen LogP contribution in [0.25, 0.3) is 0 Å². The molecule has 2 atom stereocenters. The molecule has 0 aliphatic heterocycles. The molecule has 0 saturated heterocycles. The molecule has 0 aromatic carbocycles. The number of nitrogens with two attached hydrogens (primary N) is 1. The molecule has 88 valence electrons. The second-order valence-electron chi connectivity index (χ2n) is 3.77. The van der Waals surface area contributed by atoms with Crippen LogP contribution in [0.2, 0.25) is 0 Å². The number of ether oxygens (including phenoxy) is 1. The number of methoxy groups -OCH3 is 1. The molecule has 5 nitrogen and oxygen atoms in total. The van der Waals surface area contributed by atoms with Crippen molar-refractivity contribution in [1.29, 1.82) is 0 Å². The highest BCUT2D eigenvalue weighted by atomic mass is 16.5. The Bertz CT molecular complexity index is 229. The molecule has 0 aliphatic rings. The normalized spacial score (nSPS) is 14.5. The molecular formula is C10H20N2O3. The van der Waals surface area contributed by atoms with Gasteiger partial charge in [-0.05, 0) is 12.3 Å². The Hall–Kier alpha value is -1.10. The SMILES string of the molecule is CC[C@H](N)C(=O)N[C@H](C(=O)OC)C(C)C. The summed E-state index contributed by atoms with van der Waals surface area (Å²) < 4.78 is 4.59. The molecule has 0 aromatic heterocycles. The first-order chi connectivity index (χ1) is 6.93. The molecule has 1 amide bonds. The fourth-order valence-electron chi connectivity index (χ4n) is 1.07. The lowest BCUT2D eigenvalue weighted by molar-refractivity contribution is -0.146. The average molecular weight is 216 g/mol. The highest BCUT2D eigenvalue weighted by Gasteiger charge is 2.26. The van der Waals surface area contributed by atoms with E-state index in [9.17, 15) is 9.59 Å². The van der Waals surface area contributed by atoms with Gasteiger partial charge in [0, 0.05) is 0 Å². The molecule has 0 saturated carbocycles. The van der Waals surface area contributed by atoms with Crippen molar-refractivity contribution in [2.75, 3.05) is 7.11 Å². The minimum absolute atomic E-state index is 0.0227. The molecule has 5 heteroatoms. The minimum atomic E-state index is -0.625. The van der Waals surface area contributed by atoms with Crippen LogP contribution in [0.3, 0.4) is 0 Å². The summed E-state index contributed by atoms with van der Waals surface area (Å²) in [4.78, 5) is 22.8. The van der Waals surface area contributed by atoms with Gasteiger partial charge < -0.3 is 15.8 Å². The smallest absolute Gasteiger partial charge is 0.328 e. The quantitative estimate of drug-likeness (QED) is 0.636. The molecule has 0 unspecified atom stereocenters. The van der Waals surface area contributed by atoms with E-state index in [4.69, 9.17) is 5.73 Å². The molecule has 0 heterocycles. The van der Waals surface area contributed by atoms with Crippen LogP contribution < -0.4 is 11.1 Å². The van der Waals surface area contributed by atoms with Crippen molar-refractivity contribution in [3.05, 3.63) is 0 Å². The molecule has 15 heavy (non-hydrogen) atoms. The lowest BCUT2D eigenvalue weighted by atomic mass is 10.0. The fourth-order valence-corrected chi connectivity index (χ4v) is 1.07. The maximum atomic E-state index is 11.5. The van der Waals surface area contributed by atoms with Crippen LogP contribution in [0.1, 0.15) is 27.2 Å². The molecule has 0 aliphatic carbocycles. The Labute approximate surface area is 90.4 Å². The Morgan fingerprint density at radius 3 is 2.27 bits per heavy atom. The van der Waals surface area contributed by atoms with Gasteiger partial charge in [0.05, 0.1) is 13.2 Å². The van der Waals surface area contributed by atoms with Gasteiger partial charge in [0.2, 0.25) is 5.91 Å². The molecule has 3 N–H and O–H groups in total. The van der Waals surface area contributed by atoms with Crippen molar-refractivity contribution in [1.82, 2.24) is 5.32 Å². The van der Waals surface area contributed by atoms with Crippen LogP contribution in [0.4, 0.5) is 0 Å². The van der Waals surface area contributed by atoms with Gasteiger partial charge in [-0.25, -0.2) is 4.79 Å². The third-order valence-corrected chi connectivity index (χ3v) is 2.20. The van der Waals surface area contributed by atoms with Crippen molar-refractivity contribution in [3.8, 4) is 0 Å². The number of esters is 1. The van der Waals surface area contributed by atoms with Crippen molar-refractivity contribution in [2.45, 2.75) is 39.3 Å². The summed E-state index contributed by atoms with van der Waals surface area (Å²) in [5, 5.41) is 2.58. The monoisotopic (exact) mass is 216 g/mol. The van der Waals surface area contributed by atoms with E-state index in [2.05, 4.69) is 10.1 Å². The second kappa shape index (κ2) is 6.40. The van der Waals surface area contributed by atoms with E-state index in [0.717, 1.165) is 0 Å². The highest BCUT2D eigenvalue weighted by molar-refractivity contribution is 5.87. The summed E-state index contributed by atoms with van der Waals surface area (Å²) in [5.74, 6) is -0.784. The summed E-state index contributed by atoms with van der Waals surface area (Å²) in [6.07, 6.45) is 0.540. The predicted octanol–water partition coefficient (Wildman–Crippen LogP) is 0.0375. The van der Waals surface area contributed by atoms with Crippen molar-refractivity contribution in [3.63, 3.8) is 0 Å². The van der Waals surface area contributed by atoms with Crippen LogP contribution in [0.5, 0.6) is 0 Å². The summed E-state index contributed by atoms with van der Waals surface area (Å²) in [6, 6.07) is -1.20. The number of rotatable bonds is 5. The second-order valence-corrected chi connectivity index (χ2v) is 3.77. The number of carbonyl (C=O) groups is 2. The molecule has 0 aromatic rings. The number of amides is 1. The van der Waals surface area contributed by atoms with Crippen LogP contribution in [0, 0.1) is 5.92 Å². The first kappa shape index (κ1) is 13.9. The Morgan fingerprint density at radius 2 is 1.93 bits per heavy atom. The van der Waals surface area contributed by atoms with E-state index < -0.39 is 18.1 Å². The van der Waals surface area contributed by atoms with Crippen LogP contribution in [-0.4, -0.2) is 31.1 Å².